The molecule has 0 aliphatic heterocycles. The van der Waals surface area contributed by atoms with Crippen molar-refractivity contribution in [1.82, 2.24) is 9.97 Å². The predicted octanol–water partition coefficient (Wildman–Crippen LogP) is 3.66. The molecule has 6 nitrogen and oxygen atoms in total. The molecule has 0 saturated carbocycles. The first kappa shape index (κ1) is 16.3. The number of anilines is 2. The van der Waals surface area contributed by atoms with Gasteiger partial charge in [-0.1, -0.05) is 19.9 Å². The average molecular weight is 317 g/mol. The van der Waals surface area contributed by atoms with E-state index < -0.39 is 11.6 Å². The molecule has 0 spiro atoms. The summed E-state index contributed by atoms with van der Waals surface area (Å²) < 4.78 is 13.8. The van der Waals surface area contributed by atoms with Crippen LogP contribution in [0.5, 0.6) is 17.2 Å². The zero-order valence-corrected chi connectivity index (χ0v) is 12.6. The van der Waals surface area contributed by atoms with Crippen LogP contribution in [-0.2, 0) is 0 Å². The highest BCUT2D eigenvalue weighted by molar-refractivity contribution is 5.92. The van der Waals surface area contributed by atoms with Crippen molar-refractivity contribution < 1.29 is 19.7 Å². The smallest absolute Gasteiger partial charge is 0.188 e. The highest BCUT2D eigenvalue weighted by Gasteiger charge is 2.12. The van der Waals surface area contributed by atoms with Crippen molar-refractivity contribution in [3.8, 4) is 17.2 Å². The van der Waals surface area contributed by atoms with Gasteiger partial charge in [-0.2, -0.15) is 0 Å². The number of phenols is 3. The van der Waals surface area contributed by atoms with Crippen LogP contribution in [0.1, 0.15) is 13.8 Å². The lowest BCUT2D eigenvalue weighted by atomic mass is 10.2. The Kier molecular flexibility index (Phi) is 4.80. The second kappa shape index (κ2) is 6.78. The summed E-state index contributed by atoms with van der Waals surface area (Å²) >= 11 is 0. The second-order valence-electron chi connectivity index (χ2n) is 4.34. The third kappa shape index (κ3) is 3.23. The lowest BCUT2D eigenvalue weighted by molar-refractivity contribution is 0.405. The van der Waals surface area contributed by atoms with Crippen LogP contribution in [0.3, 0.4) is 0 Å². The van der Waals surface area contributed by atoms with Gasteiger partial charge < -0.3 is 20.6 Å². The molecule has 0 atom stereocenters. The van der Waals surface area contributed by atoms with E-state index in [4.69, 9.17) is 0 Å². The molecule has 2 aromatic carbocycles. The van der Waals surface area contributed by atoms with Gasteiger partial charge in [0.1, 0.15) is 12.1 Å². The first-order valence-electron chi connectivity index (χ1n) is 6.97. The molecule has 23 heavy (non-hydrogen) atoms. The minimum Gasteiger partial charge on any atom is -0.505 e. The number of benzene rings is 2. The van der Waals surface area contributed by atoms with Gasteiger partial charge in [0.05, 0.1) is 11.2 Å². The molecule has 4 N–H and O–H groups in total. The van der Waals surface area contributed by atoms with E-state index in [0.29, 0.717) is 10.9 Å². The molecule has 0 aliphatic rings. The van der Waals surface area contributed by atoms with Crippen molar-refractivity contribution in [3.05, 3.63) is 42.5 Å². The summed E-state index contributed by atoms with van der Waals surface area (Å²) in [7, 11) is 0. The molecule has 120 valence electrons. The lowest BCUT2D eigenvalue weighted by Gasteiger charge is -2.10. The van der Waals surface area contributed by atoms with Crippen molar-refractivity contribution in [2.45, 2.75) is 13.8 Å². The van der Waals surface area contributed by atoms with Crippen molar-refractivity contribution >= 4 is 22.4 Å². The van der Waals surface area contributed by atoms with Crippen molar-refractivity contribution in [3.63, 3.8) is 0 Å². The molecule has 3 aromatic rings. The van der Waals surface area contributed by atoms with E-state index in [1.807, 2.05) is 13.8 Å². The molecular weight excluding hydrogens is 301 g/mol. The lowest BCUT2D eigenvalue weighted by Crippen LogP contribution is -1.98. The monoisotopic (exact) mass is 317 g/mol. The topological polar surface area (TPSA) is 98.5 Å². The normalized spacial score (nSPS) is 10.0. The first-order chi connectivity index (χ1) is 11.1. The standard InChI is InChI=1S/C14H10FN3O3.C2H6/c15-13-8(2-1-3-10(13)19)18-14-7-4-11(20)12(21)5-9(7)16-6-17-14;1-2/h1-6,19-21H,(H,16,17,18);1-2H3. The maximum Gasteiger partial charge on any atom is 0.188 e. The Hall–Kier alpha value is -3.09. The number of aromatic nitrogens is 2. The van der Waals surface area contributed by atoms with Gasteiger partial charge in [0, 0.05) is 11.5 Å². The third-order valence-electron chi connectivity index (χ3n) is 2.96. The quantitative estimate of drug-likeness (QED) is 0.538. The summed E-state index contributed by atoms with van der Waals surface area (Å²) in [5, 5.41) is 31.5. The Labute approximate surface area is 131 Å². The molecule has 1 aromatic heterocycles. The number of nitrogens with zero attached hydrogens (tertiary/aromatic N) is 2. The van der Waals surface area contributed by atoms with Gasteiger partial charge in [0.2, 0.25) is 0 Å². The minimum absolute atomic E-state index is 0.0302. The maximum absolute atomic E-state index is 13.8. The summed E-state index contributed by atoms with van der Waals surface area (Å²) in [5.74, 6) is -1.71. The summed E-state index contributed by atoms with van der Waals surface area (Å²) in [6.07, 6.45) is 1.24. The number of hydrogen-bond donors (Lipinski definition) is 4. The molecule has 0 radical (unpaired) electrons. The van der Waals surface area contributed by atoms with Crippen LogP contribution in [0.4, 0.5) is 15.9 Å². The molecule has 7 heteroatoms. The van der Waals surface area contributed by atoms with Crippen LogP contribution in [0.25, 0.3) is 10.9 Å². The van der Waals surface area contributed by atoms with Gasteiger partial charge in [0.25, 0.3) is 0 Å². The Morgan fingerprint density at radius 1 is 0.957 bits per heavy atom. The number of aromatic hydroxyl groups is 3. The molecular formula is C16H16FN3O3. The number of fused-ring (bicyclic) bond motifs is 1. The van der Waals surface area contributed by atoms with Gasteiger partial charge >= 0.3 is 0 Å². The largest absolute Gasteiger partial charge is 0.505 e. The van der Waals surface area contributed by atoms with E-state index in [0.717, 1.165) is 0 Å². The fourth-order valence-corrected chi connectivity index (χ4v) is 1.92. The molecule has 0 unspecified atom stereocenters. The van der Waals surface area contributed by atoms with Gasteiger partial charge in [0.15, 0.2) is 23.1 Å². The third-order valence-corrected chi connectivity index (χ3v) is 2.96. The van der Waals surface area contributed by atoms with Gasteiger partial charge in [-0.25, -0.2) is 14.4 Å². The highest BCUT2D eigenvalue weighted by atomic mass is 19.1. The average Bonchev–Trinajstić information content (AvgIpc) is 2.55. The van der Waals surface area contributed by atoms with Crippen LogP contribution in [0.15, 0.2) is 36.7 Å². The Morgan fingerprint density at radius 3 is 2.39 bits per heavy atom. The molecule has 0 amide bonds. The van der Waals surface area contributed by atoms with E-state index in [9.17, 15) is 19.7 Å². The SMILES string of the molecule is CC.Oc1cc2ncnc(Nc3cccc(O)c3F)c2cc1O. The summed E-state index contributed by atoms with van der Waals surface area (Å²) in [6.45, 7) is 4.00. The predicted molar refractivity (Wildman–Crippen MR) is 85.6 cm³/mol. The fourth-order valence-electron chi connectivity index (χ4n) is 1.92. The zero-order valence-electron chi connectivity index (χ0n) is 12.6. The number of phenolic OH excluding ortho intramolecular Hbond substituents is 3. The van der Waals surface area contributed by atoms with Crippen LogP contribution >= 0.6 is 0 Å². The number of rotatable bonds is 2. The minimum atomic E-state index is -0.813. The molecule has 3 rings (SSSR count). The first-order valence-corrected chi connectivity index (χ1v) is 6.97. The van der Waals surface area contributed by atoms with Crippen molar-refractivity contribution in [1.29, 1.82) is 0 Å². The van der Waals surface area contributed by atoms with Crippen molar-refractivity contribution in [2.75, 3.05) is 5.32 Å². The molecule has 0 fully saturated rings. The van der Waals surface area contributed by atoms with Crippen LogP contribution < -0.4 is 5.32 Å². The van der Waals surface area contributed by atoms with Gasteiger partial charge in [-0.15, -0.1) is 0 Å². The molecule has 0 saturated heterocycles. The van der Waals surface area contributed by atoms with Crippen LogP contribution in [0.2, 0.25) is 0 Å². The summed E-state index contributed by atoms with van der Waals surface area (Å²) in [6, 6.07) is 6.68. The molecule has 1 heterocycles. The highest BCUT2D eigenvalue weighted by Crippen LogP contribution is 2.33. The Morgan fingerprint density at radius 2 is 1.65 bits per heavy atom. The van der Waals surface area contributed by atoms with Gasteiger partial charge in [-0.3, -0.25) is 0 Å². The number of halogens is 1. The van der Waals surface area contributed by atoms with Crippen LogP contribution in [-0.4, -0.2) is 25.3 Å². The second-order valence-corrected chi connectivity index (χ2v) is 4.34. The van der Waals surface area contributed by atoms with E-state index in [1.165, 1.54) is 36.7 Å². The van der Waals surface area contributed by atoms with E-state index in [-0.39, 0.29) is 23.0 Å². The van der Waals surface area contributed by atoms with Crippen LogP contribution in [0, 0.1) is 5.82 Å². The van der Waals surface area contributed by atoms with E-state index in [2.05, 4.69) is 15.3 Å². The van der Waals surface area contributed by atoms with Crippen molar-refractivity contribution in [2.24, 2.45) is 0 Å². The van der Waals surface area contributed by atoms with E-state index in [1.54, 1.807) is 0 Å². The molecule has 0 aliphatic carbocycles. The summed E-state index contributed by atoms with van der Waals surface area (Å²) in [5.41, 5.74) is 0.408. The Bertz CT molecular complexity index is 840. The molecule has 0 bridgehead atoms. The van der Waals surface area contributed by atoms with E-state index >= 15 is 0 Å². The summed E-state index contributed by atoms with van der Waals surface area (Å²) in [4.78, 5) is 7.94. The van der Waals surface area contributed by atoms with Gasteiger partial charge in [-0.05, 0) is 18.2 Å². The maximum atomic E-state index is 13.8. The fraction of sp³-hybridized carbons (Fsp3) is 0.125. The number of hydrogen-bond acceptors (Lipinski definition) is 6. The number of nitrogens with one attached hydrogen (secondary N) is 1. The zero-order chi connectivity index (χ0) is 17.0. The Balaban J connectivity index is 0.000000924.